The molecule has 1 aliphatic rings. The highest BCUT2D eigenvalue weighted by Crippen LogP contribution is 2.14. The van der Waals surface area contributed by atoms with Gasteiger partial charge >= 0.3 is 0 Å². The van der Waals surface area contributed by atoms with Crippen molar-refractivity contribution in [2.24, 2.45) is 0 Å². The van der Waals surface area contributed by atoms with Gasteiger partial charge in [0.1, 0.15) is 5.82 Å². The number of likely N-dealkylation sites (tertiary alicyclic amines) is 1. The molecular weight excluding hydrogens is 215 g/mol. The van der Waals surface area contributed by atoms with E-state index in [9.17, 15) is 4.39 Å². The van der Waals surface area contributed by atoms with E-state index < -0.39 is 0 Å². The van der Waals surface area contributed by atoms with Crippen LogP contribution in [-0.2, 0) is 6.54 Å². The Hall–Kier alpha value is -0.930. The summed E-state index contributed by atoms with van der Waals surface area (Å²) in [5.74, 6) is -0.134. The van der Waals surface area contributed by atoms with Crippen molar-refractivity contribution in [3.8, 4) is 0 Å². The molecule has 0 bridgehead atoms. The number of rotatable bonds is 3. The van der Waals surface area contributed by atoms with E-state index in [2.05, 4.69) is 10.2 Å². The number of hydrogen-bond donors (Lipinski definition) is 1. The number of nitrogens with one attached hydrogen (secondary N) is 1. The molecule has 1 aromatic rings. The zero-order valence-electron chi connectivity index (χ0n) is 10.5. The first-order chi connectivity index (χ1) is 8.28. The highest BCUT2D eigenvalue weighted by atomic mass is 19.1. The Labute approximate surface area is 103 Å². The Morgan fingerprint density at radius 1 is 1.35 bits per heavy atom. The van der Waals surface area contributed by atoms with Crippen molar-refractivity contribution in [2.75, 3.05) is 20.1 Å². The second kappa shape index (κ2) is 6.12. The molecule has 1 N–H and O–H groups in total. The fourth-order valence-electron chi connectivity index (χ4n) is 2.50. The molecule has 2 rings (SSSR count). The molecule has 3 heteroatoms. The van der Waals surface area contributed by atoms with Crippen LogP contribution in [0.2, 0.25) is 0 Å². The standard InChI is InChI=1S/C14H21FN2/c1-16-14-6-3-8-17(9-7-14)11-12-4-2-5-13(15)10-12/h2,4-5,10,14,16H,3,6-9,11H2,1H3. The van der Waals surface area contributed by atoms with Gasteiger partial charge in [0.25, 0.3) is 0 Å². The van der Waals surface area contributed by atoms with Gasteiger partial charge in [0.2, 0.25) is 0 Å². The van der Waals surface area contributed by atoms with E-state index in [1.54, 1.807) is 12.1 Å². The smallest absolute Gasteiger partial charge is 0.123 e. The summed E-state index contributed by atoms with van der Waals surface area (Å²) in [5, 5.41) is 3.35. The van der Waals surface area contributed by atoms with Crippen molar-refractivity contribution >= 4 is 0 Å². The number of halogens is 1. The van der Waals surface area contributed by atoms with Crippen LogP contribution in [0, 0.1) is 5.82 Å². The zero-order chi connectivity index (χ0) is 12.1. The summed E-state index contributed by atoms with van der Waals surface area (Å²) < 4.78 is 13.1. The topological polar surface area (TPSA) is 15.3 Å². The molecule has 1 saturated heterocycles. The van der Waals surface area contributed by atoms with Gasteiger partial charge in [-0.2, -0.15) is 0 Å². The molecule has 1 aromatic carbocycles. The van der Waals surface area contributed by atoms with Crippen molar-refractivity contribution in [3.05, 3.63) is 35.6 Å². The molecule has 1 fully saturated rings. The van der Waals surface area contributed by atoms with E-state index in [0.717, 1.165) is 25.2 Å². The van der Waals surface area contributed by atoms with Gasteiger partial charge in [-0.15, -0.1) is 0 Å². The second-order valence-electron chi connectivity index (χ2n) is 4.82. The summed E-state index contributed by atoms with van der Waals surface area (Å²) in [4.78, 5) is 2.42. The van der Waals surface area contributed by atoms with Crippen LogP contribution in [0.1, 0.15) is 24.8 Å². The van der Waals surface area contributed by atoms with E-state index in [-0.39, 0.29) is 5.82 Å². The molecule has 0 spiro atoms. The van der Waals surface area contributed by atoms with Gasteiger partial charge in [-0.05, 0) is 57.1 Å². The van der Waals surface area contributed by atoms with Gasteiger partial charge in [0.05, 0.1) is 0 Å². The van der Waals surface area contributed by atoms with Crippen molar-refractivity contribution in [2.45, 2.75) is 31.8 Å². The SMILES string of the molecule is CNC1CCCN(Cc2cccc(F)c2)CC1. The van der Waals surface area contributed by atoms with E-state index in [4.69, 9.17) is 0 Å². The molecule has 1 heterocycles. The van der Waals surface area contributed by atoms with Crippen LogP contribution in [0.25, 0.3) is 0 Å². The maximum Gasteiger partial charge on any atom is 0.123 e. The number of benzene rings is 1. The lowest BCUT2D eigenvalue weighted by Crippen LogP contribution is -2.28. The summed E-state index contributed by atoms with van der Waals surface area (Å²) in [6.07, 6.45) is 3.66. The van der Waals surface area contributed by atoms with Gasteiger partial charge < -0.3 is 5.32 Å². The average molecular weight is 236 g/mol. The van der Waals surface area contributed by atoms with Gasteiger partial charge in [0.15, 0.2) is 0 Å². The predicted octanol–water partition coefficient (Wildman–Crippen LogP) is 2.40. The number of hydrogen-bond acceptors (Lipinski definition) is 2. The first-order valence-electron chi connectivity index (χ1n) is 6.42. The van der Waals surface area contributed by atoms with E-state index >= 15 is 0 Å². The molecule has 1 aliphatic heterocycles. The average Bonchev–Trinajstić information content (AvgIpc) is 2.54. The molecule has 94 valence electrons. The summed E-state index contributed by atoms with van der Waals surface area (Å²) in [5.41, 5.74) is 1.08. The van der Waals surface area contributed by atoms with Crippen molar-refractivity contribution in [3.63, 3.8) is 0 Å². The largest absolute Gasteiger partial charge is 0.317 e. The molecule has 0 amide bonds. The van der Waals surface area contributed by atoms with Crippen LogP contribution in [-0.4, -0.2) is 31.1 Å². The Morgan fingerprint density at radius 2 is 2.24 bits per heavy atom. The zero-order valence-corrected chi connectivity index (χ0v) is 10.5. The summed E-state index contributed by atoms with van der Waals surface area (Å²) >= 11 is 0. The van der Waals surface area contributed by atoms with Crippen molar-refractivity contribution in [1.82, 2.24) is 10.2 Å². The predicted molar refractivity (Wildman–Crippen MR) is 68.4 cm³/mol. The molecule has 0 saturated carbocycles. The fraction of sp³-hybridized carbons (Fsp3) is 0.571. The van der Waals surface area contributed by atoms with E-state index in [1.165, 1.54) is 25.3 Å². The molecule has 0 aliphatic carbocycles. The van der Waals surface area contributed by atoms with Gasteiger partial charge in [-0.3, -0.25) is 4.90 Å². The summed E-state index contributed by atoms with van der Waals surface area (Å²) in [6.45, 7) is 3.09. The molecule has 0 radical (unpaired) electrons. The normalized spacial score (nSPS) is 22.4. The highest BCUT2D eigenvalue weighted by Gasteiger charge is 2.15. The Kier molecular flexibility index (Phi) is 4.51. The lowest BCUT2D eigenvalue weighted by Gasteiger charge is -2.20. The van der Waals surface area contributed by atoms with Gasteiger partial charge in [0, 0.05) is 12.6 Å². The highest BCUT2D eigenvalue weighted by molar-refractivity contribution is 5.16. The lowest BCUT2D eigenvalue weighted by molar-refractivity contribution is 0.274. The van der Waals surface area contributed by atoms with E-state index in [0.29, 0.717) is 6.04 Å². The Balaban J connectivity index is 1.90. The fourth-order valence-corrected chi connectivity index (χ4v) is 2.50. The third kappa shape index (κ3) is 3.79. The van der Waals surface area contributed by atoms with Crippen LogP contribution in [0.4, 0.5) is 4.39 Å². The maximum absolute atomic E-state index is 13.1. The number of nitrogens with zero attached hydrogens (tertiary/aromatic N) is 1. The Bertz CT molecular complexity index is 354. The van der Waals surface area contributed by atoms with Crippen LogP contribution >= 0.6 is 0 Å². The second-order valence-corrected chi connectivity index (χ2v) is 4.82. The maximum atomic E-state index is 13.1. The third-order valence-electron chi connectivity index (χ3n) is 3.52. The van der Waals surface area contributed by atoms with Gasteiger partial charge in [-0.1, -0.05) is 12.1 Å². The van der Waals surface area contributed by atoms with E-state index in [1.807, 2.05) is 13.1 Å². The first-order valence-corrected chi connectivity index (χ1v) is 6.42. The van der Waals surface area contributed by atoms with Crippen molar-refractivity contribution in [1.29, 1.82) is 0 Å². The lowest BCUT2D eigenvalue weighted by atomic mass is 10.1. The summed E-state index contributed by atoms with van der Waals surface area (Å²) in [7, 11) is 2.03. The van der Waals surface area contributed by atoms with Crippen LogP contribution in [0.5, 0.6) is 0 Å². The molecule has 0 aromatic heterocycles. The third-order valence-corrected chi connectivity index (χ3v) is 3.52. The monoisotopic (exact) mass is 236 g/mol. The Morgan fingerprint density at radius 3 is 3.00 bits per heavy atom. The first kappa shape index (κ1) is 12.5. The molecule has 1 atom stereocenters. The molecule has 17 heavy (non-hydrogen) atoms. The molecule has 2 nitrogen and oxygen atoms in total. The van der Waals surface area contributed by atoms with Crippen LogP contribution in [0.3, 0.4) is 0 Å². The minimum Gasteiger partial charge on any atom is -0.317 e. The summed E-state index contributed by atoms with van der Waals surface area (Å²) in [6, 6.07) is 7.58. The quantitative estimate of drug-likeness (QED) is 0.867. The molecule has 1 unspecified atom stereocenters. The van der Waals surface area contributed by atoms with Gasteiger partial charge in [-0.25, -0.2) is 4.39 Å². The van der Waals surface area contributed by atoms with Crippen molar-refractivity contribution < 1.29 is 4.39 Å². The minimum absolute atomic E-state index is 0.134. The molecular formula is C14H21FN2. The minimum atomic E-state index is -0.134. The van der Waals surface area contributed by atoms with Crippen LogP contribution < -0.4 is 5.32 Å². The van der Waals surface area contributed by atoms with Crippen LogP contribution in [0.15, 0.2) is 24.3 Å².